The van der Waals surface area contributed by atoms with Crippen LogP contribution in [0.15, 0.2) is 18.2 Å². The number of methoxy groups -OCH3 is 1. The van der Waals surface area contributed by atoms with Gasteiger partial charge in [-0.25, -0.2) is 4.39 Å². The minimum absolute atomic E-state index is 0.0876. The summed E-state index contributed by atoms with van der Waals surface area (Å²) in [6.45, 7) is 8.58. The summed E-state index contributed by atoms with van der Waals surface area (Å²) in [5, 5.41) is 3.00. The number of nitrogens with zero attached hydrogens (tertiary/aromatic N) is 2. The van der Waals surface area contributed by atoms with Crippen LogP contribution in [-0.2, 0) is 11.3 Å². The van der Waals surface area contributed by atoms with E-state index in [0.717, 1.165) is 38.2 Å². The fraction of sp³-hybridized carbons (Fsp3) is 0.611. The van der Waals surface area contributed by atoms with Crippen LogP contribution in [0.4, 0.5) is 4.39 Å². The minimum Gasteiger partial charge on any atom is -0.496 e. The van der Waals surface area contributed by atoms with Gasteiger partial charge in [-0.05, 0) is 31.5 Å². The van der Waals surface area contributed by atoms with Crippen molar-refractivity contribution in [3.05, 3.63) is 29.6 Å². The molecule has 6 heteroatoms. The highest BCUT2D eigenvalue weighted by Crippen LogP contribution is 2.21. The number of hydrogen-bond donors (Lipinski definition) is 1. The van der Waals surface area contributed by atoms with Gasteiger partial charge in [-0.3, -0.25) is 14.6 Å². The molecule has 24 heavy (non-hydrogen) atoms. The Balaban J connectivity index is 1.81. The van der Waals surface area contributed by atoms with Crippen molar-refractivity contribution in [1.82, 2.24) is 15.1 Å². The number of halogens is 1. The van der Waals surface area contributed by atoms with Gasteiger partial charge in [0.25, 0.3) is 0 Å². The van der Waals surface area contributed by atoms with Crippen LogP contribution < -0.4 is 10.1 Å². The van der Waals surface area contributed by atoms with Crippen molar-refractivity contribution in [2.45, 2.75) is 32.9 Å². The highest BCUT2D eigenvalue weighted by atomic mass is 19.1. The molecule has 1 atom stereocenters. The van der Waals surface area contributed by atoms with E-state index in [9.17, 15) is 9.18 Å². The SMILES string of the molecule is CC[C@H](C)NC(=O)CN1CCN(Cc2cc(F)ccc2OC)CC1. The highest BCUT2D eigenvalue weighted by Gasteiger charge is 2.20. The molecule has 0 aromatic heterocycles. The summed E-state index contributed by atoms with van der Waals surface area (Å²) in [6.07, 6.45) is 0.939. The standard InChI is InChI=1S/C18H28FN3O2/c1-4-14(2)20-18(23)13-22-9-7-21(8-10-22)12-15-11-16(19)5-6-17(15)24-3/h5-6,11,14H,4,7-10,12-13H2,1-3H3,(H,20,23)/t14-/m0/s1. The fourth-order valence-corrected chi connectivity index (χ4v) is 2.84. The number of ether oxygens (including phenoxy) is 1. The first-order valence-electron chi connectivity index (χ1n) is 8.58. The number of amides is 1. The maximum Gasteiger partial charge on any atom is 0.234 e. The number of carbonyl (C=O) groups excluding carboxylic acids is 1. The number of piperazine rings is 1. The average molecular weight is 337 g/mol. The lowest BCUT2D eigenvalue weighted by molar-refractivity contribution is -0.123. The third-order valence-electron chi connectivity index (χ3n) is 4.49. The maximum atomic E-state index is 13.4. The van der Waals surface area contributed by atoms with Gasteiger partial charge in [0.1, 0.15) is 11.6 Å². The molecule has 0 bridgehead atoms. The van der Waals surface area contributed by atoms with E-state index in [4.69, 9.17) is 4.74 Å². The molecule has 1 heterocycles. The summed E-state index contributed by atoms with van der Waals surface area (Å²) in [4.78, 5) is 16.4. The van der Waals surface area contributed by atoms with E-state index in [-0.39, 0.29) is 17.8 Å². The molecule has 1 aromatic carbocycles. The predicted molar refractivity (Wildman–Crippen MR) is 92.6 cm³/mol. The molecule has 1 aromatic rings. The molecule has 1 fully saturated rings. The lowest BCUT2D eigenvalue weighted by atomic mass is 10.1. The zero-order chi connectivity index (χ0) is 17.5. The zero-order valence-electron chi connectivity index (χ0n) is 14.8. The van der Waals surface area contributed by atoms with Gasteiger partial charge >= 0.3 is 0 Å². The van der Waals surface area contributed by atoms with Crippen LogP contribution in [0.25, 0.3) is 0 Å². The molecule has 0 spiro atoms. The molecule has 134 valence electrons. The van der Waals surface area contributed by atoms with E-state index < -0.39 is 0 Å². The second-order valence-corrected chi connectivity index (χ2v) is 6.39. The summed E-state index contributed by atoms with van der Waals surface area (Å²) in [6, 6.07) is 4.83. The van der Waals surface area contributed by atoms with Crippen LogP contribution >= 0.6 is 0 Å². The molecule has 0 radical (unpaired) electrons. The Bertz CT molecular complexity index is 545. The molecule has 0 aliphatic carbocycles. The van der Waals surface area contributed by atoms with Gasteiger partial charge in [0.15, 0.2) is 0 Å². The second-order valence-electron chi connectivity index (χ2n) is 6.39. The van der Waals surface area contributed by atoms with Crippen molar-refractivity contribution in [3.8, 4) is 5.75 Å². The van der Waals surface area contributed by atoms with Gasteiger partial charge in [0, 0.05) is 44.3 Å². The van der Waals surface area contributed by atoms with Crippen molar-refractivity contribution in [1.29, 1.82) is 0 Å². The summed E-state index contributed by atoms with van der Waals surface area (Å²) >= 11 is 0. The summed E-state index contributed by atoms with van der Waals surface area (Å²) in [7, 11) is 1.60. The van der Waals surface area contributed by atoms with E-state index in [1.54, 1.807) is 13.2 Å². The van der Waals surface area contributed by atoms with Crippen molar-refractivity contribution < 1.29 is 13.9 Å². The van der Waals surface area contributed by atoms with Crippen LogP contribution in [0.3, 0.4) is 0 Å². The Morgan fingerprint density at radius 3 is 2.58 bits per heavy atom. The lowest BCUT2D eigenvalue weighted by Crippen LogP contribution is -2.49. The van der Waals surface area contributed by atoms with Gasteiger partial charge in [-0.2, -0.15) is 0 Å². The Labute approximate surface area is 143 Å². The van der Waals surface area contributed by atoms with Crippen LogP contribution in [0.2, 0.25) is 0 Å². The summed E-state index contributed by atoms with van der Waals surface area (Å²) in [5.74, 6) is 0.558. The van der Waals surface area contributed by atoms with Crippen LogP contribution in [0, 0.1) is 5.82 Å². The topological polar surface area (TPSA) is 44.8 Å². The molecule has 1 N–H and O–H groups in total. The minimum atomic E-state index is -0.244. The Hall–Kier alpha value is -1.66. The van der Waals surface area contributed by atoms with Gasteiger partial charge in [-0.15, -0.1) is 0 Å². The highest BCUT2D eigenvalue weighted by molar-refractivity contribution is 5.78. The van der Waals surface area contributed by atoms with E-state index in [2.05, 4.69) is 22.0 Å². The summed E-state index contributed by atoms with van der Waals surface area (Å²) in [5.41, 5.74) is 0.862. The fourth-order valence-electron chi connectivity index (χ4n) is 2.84. The first-order valence-corrected chi connectivity index (χ1v) is 8.58. The molecular formula is C18H28FN3O2. The molecular weight excluding hydrogens is 309 g/mol. The Morgan fingerprint density at radius 2 is 1.96 bits per heavy atom. The molecule has 1 aliphatic heterocycles. The van der Waals surface area contributed by atoms with Crippen molar-refractivity contribution in [2.75, 3.05) is 39.8 Å². The average Bonchev–Trinajstić information content (AvgIpc) is 2.56. The van der Waals surface area contributed by atoms with Crippen LogP contribution in [0.5, 0.6) is 5.75 Å². The second kappa shape index (κ2) is 8.99. The first kappa shape index (κ1) is 18.7. The van der Waals surface area contributed by atoms with Gasteiger partial charge in [-0.1, -0.05) is 6.92 Å². The third kappa shape index (κ3) is 5.46. The normalized spacial score (nSPS) is 17.5. The largest absolute Gasteiger partial charge is 0.496 e. The third-order valence-corrected chi connectivity index (χ3v) is 4.49. The van der Waals surface area contributed by atoms with Gasteiger partial charge in [0.2, 0.25) is 5.91 Å². The molecule has 1 aliphatic rings. The quantitative estimate of drug-likeness (QED) is 0.825. The number of hydrogen-bond acceptors (Lipinski definition) is 4. The van der Waals surface area contributed by atoms with E-state index in [1.165, 1.54) is 12.1 Å². The van der Waals surface area contributed by atoms with Crippen LogP contribution in [0.1, 0.15) is 25.8 Å². The smallest absolute Gasteiger partial charge is 0.234 e. The monoisotopic (exact) mass is 337 g/mol. The predicted octanol–water partition coefficient (Wildman–Crippen LogP) is 1.87. The first-order chi connectivity index (χ1) is 11.5. The Kier molecular flexibility index (Phi) is 6.99. The maximum absolute atomic E-state index is 13.4. The van der Waals surface area contributed by atoms with E-state index in [0.29, 0.717) is 18.8 Å². The molecule has 2 rings (SSSR count). The molecule has 1 saturated heterocycles. The molecule has 0 saturated carbocycles. The zero-order valence-corrected chi connectivity index (χ0v) is 14.8. The number of rotatable bonds is 7. The Morgan fingerprint density at radius 1 is 1.29 bits per heavy atom. The van der Waals surface area contributed by atoms with Crippen molar-refractivity contribution >= 4 is 5.91 Å². The summed E-state index contributed by atoms with van der Waals surface area (Å²) < 4.78 is 18.8. The van der Waals surface area contributed by atoms with Crippen LogP contribution in [-0.4, -0.2) is 61.6 Å². The number of benzene rings is 1. The van der Waals surface area contributed by atoms with E-state index in [1.807, 2.05) is 6.92 Å². The molecule has 0 unspecified atom stereocenters. The lowest BCUT2D eigenvalue weighted by Gasteiger charge is -2.34. The van der Waals surface area contributed by atoms with Crippen molar-refractivity contribution in [2.24, 2.45) is 0 Å². The van der Waals surface area contributed by atoms with Crippen molar-refractivity contribution in [3.63, 3.8) is 0 Å². The van der Waals surface area contributed by atoms with E-state index >= 15 is 0 Å². The number of nitrogens with one attached hydrogen (secondary N) is 1. The molecule has 5 nitrogen and oxygen atoms in total. The number of carbonyl (C=O) groups is 1. The van der Waals surface area contributed by atoms with Gasteiger partial charge < -0.3 is 10.1 Å². The molecule has 1 amide bonds. The van der Waals surface area contributed by atoms with Gasteiger partial charge in [0.05, 0.1) is 13.7 Å².